The van der Waals surface area contributed by atoms with Crippen LogP contribution in [0.3, 0.4) is 0 Å². The van der Waals surface area contributed by atoms with E-state index in [1.54, 1.807) is 30.3 Å². The molecule has 7 heteroatoms. The van der Waals surface area contributed by atoms with Crippen molar-refractivity contribution in [1.29, 1.82) is 0 Å². The van der Waals surface area contributed by atoms with Gasteiger partial charge in [0.05, 0.1) is 17.2 Å². The molecule has 2 amide bonds. The van der Waals surface area contributed by atoms with Gasteiger partial charge in [0.2, 0.25) is 5.75 Å². The third kappa shape index (κ3) is 4.70. The van der Waals surface area contributed by atoms with Crippen LogP contribution in [0, 0.1) is 0 Å². The molecule has 1 aliphatic rings. The number of aromatic nitrogens is 1. The fraction of sp³-hybridized carbons (Fsp3) is 0.107. The smallest absolute Gasteiger partial charge is 0.268 e. The molecular formula is C28H23N2O5+. The maximum atomic E-state index is 12.8. The third-order valence-electron chi connectivity index (χ3n) is 5.75. The first kappa shape index (κ1) is 22.2. The van der Waals surface area contributed by atoms with E-state index in [4.69, 9.17) is 9.47 Å². The Morgan fingerprint density at radius 3 is 1.71 bits per heavy atom. The summed E-state index contributed by atoms with van der Waals surface area (Å²) in [5.74, 6) is -0.0800. The number of amides is 2. The summed E-state index contributed by atoms with van der Waals surface area (Å²) in [5.41, 5.74) is 2.93. The van der Waals surface area contributed by atoms with Crippen LogP contribution >= 0.6 is 0 Å². The molecule has 0 bridgehead atoms. The minimum Gasteiger partial charge on any atom is -0.485 e. The maximum absolute atomic E-state index is 12.8. The largest absolute Gasteiger partial charge is 0.485 e. The monoisotopic (exact) mass is 467 g/mol. The molecule has 0 saturated carbocycles. The maximum Gasteiger partial charge on any atom is 0.268 e. The second kappa shape index (κ2) is 9.69. The van der Waals surface area contributed by atoms with E-state index in [-0.39, 0.29) is 19.8 Å². The number of carbonyl (C=O) groups is 2. The molecule has 0 saturated heterocycles. The van der Waals surface area contributed by atoms with Gasteiger partial charge >= 0.3 is 0 Å². The van der Waals surface area contributed by atoms with Gasteiger partial charge in [0.25, 0.3) is 23.7 Å². The van der Waals surface area contributed by atoms with Crippen molar-refractivity contribution < 1.29 is 29.0 Å². The zero-order valence-electron chi connectivity index (χ0n) is 18.8. The summed E-state index contributed by atoms with van der Waals surface area (Å²) in [7, 11) is 0. The van der Waals surface area contributed by atoms with Crippen LogP contribution < -0.4 is 14.2 Å². The predicted molar refractivity (Wildman–Crippen MR) is 126 cm³/mol. The second-order valence-corrected chi connectivity index (χ2v) is 8.13. The minimum atomic E-state index is -0.401. The molecule has 3 aromatic carbocycles. The van der Waals surface area contributed by atoms with Gasteiger partial charge in [0.15, 0.2) is 5.75 Å². The Labute approximate surface area is 202 Å². The number of nitrogens with zero attached hydrogens (tertiary/aromatic N) is 2. The van der Waals surface area contributed by atoms with E-state index < -0.39 is 11.8 Å². The van der Waals surface area contributed by atoms with Gasteiger partial charge in [-0.1, -0.05) is 72.8 Å². The summed E-state index contributed by atoms with van der Waals surface area (Å²) in [4.78, 5) is 26.7. The lowest BCUT2D eigenvalue weighted by atomic mass is 10.1. The van der Waals surface area contributed by atoms with E-state index in [1.165, 1.54) is 6.20 Å². The van der Waals surface area contributed by atoms with Crippen molar-refractivity contribution in [2.24, 2.45) is 0 Å². The predicted octanol–water partition coefficient (Wildman–Crippen LogP) is 4.17. The molecular weight excluding hydrogens is 444 g/mol. The molecule has 5 rings (SSSR count). The number of fused-ring (bicyclic) bond motifs is 1. The Balaban J connectivity index is 1.42. The van der Waals surface area contributed by atoms with E-state index >= 15 is 0 Å². The van der Waals surface area contributed by atoms with Gasteiger partial charge in [0.1, 0.15) is 19.8 Å². The van der Waals surface area contributed by atoms with Gasteiger partial charge in [-0.05, 0) is 23.3 Å². The summed E-state index contributed by atoms with van der Waals surface area (Å²) in [6.45, 7) is 0.439. The molecule has 0 aliphatic carbocycles. The summed E-state index contributed by atoms with van der Waals surface area (Å²) in [5, 5.41) is 10.7. The number of benzene rings is 3. The van der Waals surface area contributed by atoms with Gasteiger partial charge in [-0.3, -0.25) is 19.7 Å². The number of rotatable bonds is 8. The lowest BCUT2D eigenvalue weighted by molar-refractivity contribution is -0.910. The molecule has 0 radical (unpaired) electrons. The topological polar surface area (TPSA) is 80.0 Å². The molecule has 0 fully saturated rings. The quantitative estimate of drug-likeness (QED) is 0.239. The SMILES string of the molecule is O=C1c2ccccc2C(=O)N1Cc1cc(OCc2ccccc2)c(OCc2ccccc2)c[n+]1O. The van der Waals surface area contributed by atoms with E-state index in [0.29, 0.717) is 28.3 Å². The number of carbonyl (C=O) groups excluding carboxylic acids is 2. The average molecular weight is 468 g/mol. The highest BCUT2D eigenvalue weighted by molar-refractivity contribution is 6.21. The molecule has 4 aromatic rings. The molecule has 0 atom stereocenters. The number of hydrogen-bond acceptors (Lipinski definition) is 5. The van der Waals surface area contributed by atoms with E-state index in [1.807, 2.05) is 60.7 Å². The van der Waals surface area contributed by atoms with Crippen LogP contribution in [-0.4, -0.2) is 21.9 Å². The summed E-state index contributed by atoms with van der Waals surface area (Å²) >= 11 is 0. The number of imide groups is 1. The van der Waals surface area contributed by atoms with Crippen LogP contribution in [0.4, 0.5) is 0 Å². The van der Waals surface area contributed by atoms with Crippen LogP contribution in [0.15, 0.2) is 97.2 Å². The van der Waals surface area contributed by atoms with Gasteiger partial charge in [-0.2, -0.15) is 0 Å². The highest BCUT2D eigenvalue weighted by Crippen LogP contribution is 2.30. The van der Waals surface area contributed by atoms with E-state index in [0.717, 1.165) is 20.8 Å². The van der Waals surface area contributed by atoms with Gasteiger partial charge < -0.3 is 9.47 Å². The normalized spacial score (nSPS) is 12.5. The molecule has 1 N–H and O–H groups in total. The summed E-state index contributed by atoms with van der Waals surface area (Å²) < 4.78 is 12.9. The molecule has 2 heterocycles. The van der Waals surface area contributed by atoms with Crippen molar-refractivity contribution in [3.05, 3.63) is 125 Å². The zero-order chi connectivity index (χ0) is 24.2. The number of ether oxygens (including phenoxy) is 2. The fourth-order valence-corrected chi connectivity index (χ4v) is 3.90. The molecule has 35 heavy (non-hydrogen) atoms. The summed E-state index contributed by atoms with van der Waals surface area (Å²) in [6, 6.07) is 27.6. The standard InChI is InChI=1S/C28H23N2O5/c31-27-23-13-7-8-14-24(23)28(32)29(27)16-22-15-25(34-18-20-9-3-1-4-10-20)26(17-30(22)33)35-19-21-11-5-2-6-12-21/h1-15,17,33H,16,18-19H2/q+1. The van der Waals surface area contributed by atoms with E-state index in [2.05, 4.69) is 0 Å². The lowest BCUT2D eigenvalue weighted by Gasteiger charge is -2.14. The fourth-order valence-electron chi connectivity index (χ4n) is 3.90. The average Bonchev–Trinajstić information content (AvgIpc) is 3.14. The Kier molecular flexibility index (Phi) is 6.13. The van der Waals surface area contributed by atoms with Crippen molar-refractivity contribution in [1.82, 2.24) is 4.90 Å². The minimum absolute atomic E-state index is 0.122. The molecule has 7 nitrogen and oxygen atoms in total. The lowest BCUT2D eigenvalue weighted by Crippen LogP contribution is -2.40. The first-order valence-corrected chi connectivity index (χ1v) is 11.2. The molecule has 1 aliphatic heterocycles. The number of hydrogen-bond donors (Lipinski definition) is 1. The molecule has 1 aromatic heterocycles. The Hall–Kier alpha value is -4.65. The molecule has 0 spiro atoms. The molecule has 174 valence electrons. The van der Waals surface area contributed by atoms with Crippen molar-refractivity contribution in [3.8, 4) is 11.5 Å². The Morgan fingerprint density at radius 2 is 1.17 bits per heavy atom. The second-order valence-electron chi connectivity index (χ2n) is 8.13. The van der Waals surface area contributed by atoms with Crippen molar-refractivity contribution >= 4 is 11.8 Å². The van der Waals surface area contributed by atoms with Crippen LogP contribution in [0.2, 0.25) is 0 Å². The summed E-state index contributed by atoms with van der Waals surface area (Å²) in [6.07, 6.45) is 1.39. The van der Waals surface area contributed by atoms with Gasteiger partial charge in [-0.25, -0.2) is 0 Å². The highest BCUT2D eigenvalue weighted by atomic mass is 16.5. The Bertz CT molecular complexity index is 1340. The van der Waals surface area contributed by atoms with Crippen LogP contribution in [-0.2, 0) is 19.8 Å². The van der Waals surface area contributed by atoms with Crippen LogP contribution in [0.5, 0.6) is 11.5 Å². The van der Waals surface area contributed by atoms with E-state index in [9.17, 15) is 14.8 Å². The van der Waals surface area contributed by atoms with Crippen molar-refractivity contribution in [2.45, 2.75) is 19.8 Å². The first-order chi connectivity index (χ1) is 17.1. The molecule has 0 unspecified atom stereocenters. The Morgan fingerprint density at radius 1 is 0.686 bits per heavy atom. The third-order valence-corrected chi connectivity index (χ3v) is 5.75. The highest BCUT2D eigenvalue weighted by Gasteiger charge is 2.37. The van der Waals surface area contributed by atoms with Gasteiger partial charge in [-0.15, -0.1) is 0 Å². The van der Waals surface area contributed by atoms with Crippen LogP contribution in [0.1, 0.15) is 37.5 Å². The van der Waals surface area contributed by atoms with Gasteiger partial charge in [0, 0.05) is 4.73 Å². The van der Waals surface area contributed by atoms with Crippen LogP contribution in [0.25, 0.3) is 0 Å². The first-order valence-electron chi connectivity index (χ1n) is 11.2. The number of pyridine rings is 1. The van der Waals surface area contributed by atoms with Crippen molar-refractivity contribution in [3.63, 3.8) is 0 Å². The van der Waals surface area contributed by atoms with Crippen molar-refractivity contribution in [2.75, 3.05) is 0 Å². The zero-order valence-corrected chi connectivity index (χ0v) is 18.8.